The van der Waals surface area contributed by atoms with Crippen LogP contribution in [0, 0.1) is 12.7 Å². The summed E-state index contributed by atoms with van der Waals surface area (Å²) in [5, 5.41) is 6.51. The van der Waals surface area contributed by atoms with Gasteiger partial charge in [-0.2, -0.15) is 0 Å². The van der Waals surface area contributed by atoms with Crippen molar-refractivity contribution in [3.8, 4) is 0 Å². The van der Waals surface area contributed by atoms with Crippen molar-refractivity contribution < 1.29 is 4.39 Å². The summed E-state index contributed by atoms with van der Waals surface area (Å²) >= 11 is 0. The number of hydrogen-bond donors (Lipinski definition) is 2. The number of benzene rings is 1. The van der Waals surface area contributed by atoms with Gasteiger partial charge in [0.15, 0.2) is 5.96 Å². The highest BCUT2D eigenvalue weighted by Crippen LogP contribution is 2.10. The quantitative estimate of drug-likeness (QED) is 0.410. The topological polar surface area (TPSA) is 49.3 Å². The lowest BCUT2D eigenvalue weighted by molar-refractivity contribution is 0.625. The van der Waals surface area contributed by atoms with Crippen LogP contribution in [-0.2, 0) is 13.0 Å². The van der Waals surface area contributed by atoms with Crippen LogP contribution >= 0.6 is 24.0 Å². The average Bonchev–Trinajstić information content (AvgIpc) is 2.55. The fourth-order valence-electron chi connectivity index (χ4n) is 2.25. The molecule has 2 N–H and O–H groups in total. The smallest absolute Gasteiger partial charge is 0.191 e. The summed E-state index contributed by atoms with van der Waals surface area (Å²) in [6.07, 6.45) is 2.59. The van der Waals surface area contributed by atoms with E-state index in [1.54, 1.807) is 12.3 Å². The molecular weight excluding hydrogens is 418 g/mol. The van der Waals surface area contributed by atoms with Crippen LogP contribution in [0.15, 0.2) is 47.6 Å². The molecule has 0 atom stereocenters. The molecule has 0 unspecified atom stereocenters. The molecule has 0 saturated carbocycles. The normalized spacial score (nSPS) is 10.9. The average molecular weight is 442 g/mol. The Hall–Kier alpha value is -1.70. The Morgan fingerprint density at radius 3 is 2.71 bits per heavy atom. The van der Waals surface area contributed by atoms with Crippen LogP contribution in [-0.4, -0.2) is 24.0 Å². The highest BCUT2D eigenvalue weighted by Gasteiger charge is 2.02. The van der Waals surface area contributed by atoms with E-state index < -0.39 is 0 Å². The maximum atomic E-state index is 13.1. The van der Waals surface area contributed by atoms with Crippen LogP contribution in [0.2, 0.25) is 0 Å². The van der Waals surface area contributed by atoms with Gasteiger partial charge < -0.3 is 10.6 Å². The molecule has 1 aromatic heterocycles. The van der Waals surface area contributed by atoms with Crippen molar-refractivity contribution in [3.05, 3.63) is 65.2 Å². The van der Waals surface area contributed by atoms with Crippen molar-refractivity contribution >= 4 is 29.9 Å². The summed E-state index contributed by atoms with van der Waals surface area (Å²) in [5.41, 5.74) is 3.04. The number of aryl methyl sites for hydroxylation is 1. The summed E-state index contributed by atoms with van der Waals surface area (Å²) in [5.74, 6) is 0.572. The molecule has 24 heavy (non-hydrogen) atoms. The van der Waals surface area contributed by atoms with Gasteiger partial charge in [0.1, 0.15) is 5.82 Å². The monoisotopic (exact) mass is 442 g/mol. The Bertz CT molecular complexity index is 647. The van der Waals surface area contributed by atoms with Crippen LogP contribution in [0.5, 0.6) is 0 Å². The Morgan fingerprint density at radius 2 is 2.04 bits per heavy atom. The maximum Gasteiger partial charge on any atom is 0.191 e. The molecule has 0 amide bonds. The maximum absolute atomic E-state index is 13.1. The van der Waals surface area contributed by atoms with E-state index in [0.29, 0.717) is 6.54 Å². The molecular formula is C18H24FIN4. The second-order valence-electron chi connectivity index (χ2n) is 5.26. The third-order valence-electron chi connectivity index (χ3n) is 3.46. The number of rotatable bonds is 6. The minimum absolute atomic E-state index is 0. The van der Waals surface area contributed by atoms with Crippen molar-refractivity contribution in [2.75, 3.05) is 13.1 Å². The largest absolute Gasteiger partial charge is 0.357 e. The van der Waals surface area contributed by atoms with Crippen LogP contribution in [0.1, 0.15) is 23.7 Å². The summed E-state index contributed by atoms with van der Waals surface area (Å²) in [7, 11) is 0. The lowest BCUT2D eigenvalue weighted by atomic mass is 10.1. The zero-order valence-corrected chi connectivity index (χ0v) is 16.4. The van der Waals surface area contributed by atoms with Crippen molar-refractivity contribution in [2.45, 2.75) is 26.8 Å². The van der Waals surface area contributed by atoms with Gasteiger partial charge in [-0.3, -0.25) is 4.98 Å². The van der Waals surface area contributed by atoms with Gasteiger partial charge >= 0.3 is 0 Å². The fourth-order valence-corrected chi connectivity index (χ4v) is 2.25. The van der Waals surface area contributed by atoms with E-state index in [2.05, 4.69) is 20.6 Å². The standard InChI is InChI=1S/C18H23FN4.HI/c1-3-20-18(23-13-17-6-4-5-10-21-17)22-11-9-15-7-8-16(19)12-14(15)2;/h4-8,10,12H,3,9,11,13H2,1-2H3,(H2,20,22,23);1H. The highest BCUT2D eigenvalue weighted by molar-refractivity contribution is 14.0. The lowest BCUT2D eigenvalue weighted by Crippen LogP contribution is -2.38. The number of hydrogen-bond acceptors (Lipinski definition) is 2. The molecule has 1 heterocycles. The van der Waals surface area contributed by atoms with Crippen LogP contribution in [0.25, 0.3) is 0 Å². The van der Waals surface area contributed by atoms with Gasteiger partial charge in [0.2, 0.25) is 0 Å². The number of pyridine rings is 1. The molecule has 6 heteroatoms. The van der Waals surface area contributed by atoms with Crippen LogP contribution in [0.4, 0.5) is 4.39 Å². The molecule has 130 valence electrons. The van der Waals surface area contributed by atoms with Crippen molar-refractivity contribution in [1.29, 1.82) is 0 Å². The minimum Gasteiger partial charge on any atom is -0.357 e. The molecule has 0 radical (unpaired) electrons. The Labute approximate surface area is 160 Å². The van der Waals surface area contributed by atoms with Gasteiger partial charge in [-0.1, -0.05) is 12.1 Å². The molecule has 1 aromatic carbocycles. The minimum atomic E-state index is -0.190. The van der Waals surface area contributed by atoms with Crippen LogP contribution < -0.4 is 10.6 Å². The molecule has 0 bridgehead atoms. The fraction of sp³-hybridized carbons (Fsp3) is 0.333. The lowest BCUT2D eigenvalue weighted by Gasteiger charge is -2.12. The van der Waals surface area contributed by atoms with Gasteiger partial charge in [0, 0.05) is 19.3 Å². The molecule has 0 spiro atoms. The summed E-state index contributed by atoms with van der Waals surface area (Å²) < 4.78 is 13.1. The zero-order valence-electron chi connectivity index (χ0n) is 14.1. The number of nitrogens with one attached hydrogen (secondary N) is 2. The number of guanidine groups is 1. The van der Waals surface area contributed by atoms with E-state index in [4.69, 9.17) is 0 Å². The molecule has 2 aromatic rings. The van der Waals surface area contributed by atoms with Gasteiger partial charge in [-0.25, -0.2) is 9.38 Å². The zero-order chi connectivity index (χ0) is 16.5. The van der Waals surface area contributed by atoms with Gasteiger partial charge in [-0.15, -0.1) is 24.0 Å². The van der Waals surface area contributed by atoms with Gasteiger partial charge in [-0.05, 0) is 55.7 Å². The third-order valence-corrected chi connectivity index (χ3v) is 3.46. The van der Waals surface area contributed by atoms with Crippen molar-refractivity contribution in [1.82, 2.24) is 15.6 Å². The van der Waals surface area contributed by atoms with Crippen molar-refractivity contribution in [3.63, 3.8) is 0 Å². The predicted octanol–water partition coefficient (Wildman–Crippen LogP) is 3.44. The first-order valence-electron chi connectivity index (χ1n) is 7.86. The summed E-state index contributed by atoms with van der Waals surface area (Å²) in [6, 6.07) is 10.7. The number of halogens is 2. The first kappa shape index (κ1) is 20.3. The Kier molecular flexibility index (Phi) is 9.29. The van der Waals surface area contributed by atoms with Gasteiger partial charge in [0.25, 0.3) is 0 Å². The number of aromatic nitrogens is 1. The van der Waals surface area contributed by atoms with E-state index in [0.717, 1.165) is 42.3 Å². The predicted molar refractivity (Wildman–Crippen MR) is 107 cm³/mol. The summed E-state index contributed by atoms with van der Waals surface area (Å²) in [6.45, 7) is 6.02. The second kappa shape index (κ2) is 11.0. The van der Waals surface area contributed by atoms with E-state index >= 15 is 0 Å². The SMILES string of the molecule is CCNC(=NCc1ccccn1)NCCc1ccc(F)cc1C.I. The van der Waals surface area contributed by atoms with E-state index in [1.807, 2.05) is 38.1 Å². The van der Waals surface area contributed by atoms with E-state index in [1.165, 1.54) is 6.07 Å². The van der Waals surface area contributed by atoms with Crippen LogP contribution in [0.3, 0.4) is 0 Å². The Morgan fingerprint density at radius 1 is 1.21 bits per heavy atom. The molecule has 0 saturated heterocycles. The Balaban J connectivity index is 0.00000288. The molecule has 0 aliphatic heterocycles. The first-order chi connectivity index (χ1) is 11.2. The molecule has 0 aliphatic rings. The van der Waals surface area contributed by atoms with Crippen molar-refractivity contribution in [2.24, 2.45) is 4.99 Å². The highest BCUT2D eigenvalue weighted by atomic mass is 127. The first-order valence-corrected chi connectivity index (χ1v) is 7.86. The number of nitrogens with zero attached hydrogens (tertiary/aromatic N) is 2. The second-order valence-corrected chi connectivity index (χ2v) is 5.26. The van der Waals surface area contributed by atoms with E-state index in [9.17, 15) is 4.39 Å². The molecule has 0 fully saturated rings. The third kappa shape index (κ3) is 6.82. The summed E-state index contributed by atoms with van der Waals surface area (Å²) in [4.78, 5) is 8.78. The molecule has 2 rings (SSSR count). The van der Waals surface area contributed by atoms with E-state index in [-0.39, 0.29) is 29.8 Å². The number of aliphatic imine (C=N–C) groups is 1. The van der Waals surface area contributed by atoms with Gasteiger partial charge in [0.05, 0.1) is 12.2 Å². The molecule has 0 aliphatic carbocycles. The molecule has 4 nitrogen and oxygen atoms in total.